The smallest absolute Gasteiger partial charge is 0.308 e. The van der Waals surface area contributed by atoms with Gasteiger partial charge in [0.05, 0.1) is 39.0 Å². The van der Waals surface area contributed by atoms with E-state index >= 15 is 35.1 Å². The average molecular weight is 1120 g/mol. The first kappa shape index (κ1) is 54.8. The molecule has 0 aliphatic carbocycles. The maximum absolute atomic E-state index is 17.6. The van der Waals surface area contributed by atoms with Gasteiger partial charge >= 0.3 is 6.18 Å². The first-order valence-electron chi connectivity index (χ1n) is 27.6. The fraction of sp³-hybridized carbons (Fsp3) is 0.178. The van der Waals surface area contributed by atoms with Crippen LogP contribution >= 0.6 is 0 Å². The number of alkyl halides is 3. The van der Waals surface area contributed by atoms with Crippen molar-refractivity contribution in [2.45, 2.75) is 89.3 Å². The number of hydrogen-bond donors (Lipinski definition) is 0. The van der Waals surface area contributed by atoms with Crippen LogP contribution in [0, 0.1) is 112 Å². The van der Waals surface area contributed by atoms with Crippen molar-refractivity contribution < 1.29 is 35.1 Å². The van der Waals surface area contributed by atoms with Crippen molar-refractivity contribution in [3.63, 3.8) is 0 Å². The molecule has 0 saturated heterocycles. The standard InChI is InChI=1S/C73H58F8N2/c1-35-21-39(5)62(40(6)22-35)47-13-17-52-53-18-14-48(63-41(7)23-36(2)24-42(63)8)30-57(53)82(56(52)29-47)60-33-51(66-68(74)70(76)72(78)71(77)69(66)75)34-61(67(60)73(79,80)81)83-58-31-49(64-43(9)25-37(3)26-44(64)10)15-19-54(58)55-20-16-50(32-59(55)83)65-45(11)27-38(4)28-46(65)12/h13-34H,1-12H3. The lowest BCUT2D eigenvalue weighted by Gasteiger charge is -2.24. The number of rotatable bonds is 7. The van der Waals surface area contributed by atoms with E-state index in [1.165, 1.54) is 9.13 Å². The number of hydrogen-bond acceptors (Lipinski definition) is 0. The van der Waals surface area contributed by atoms with Crippen LogP contribution in [-0.4, -0.2) is 9.13 Å². The van der Waals surface area contributed by atoms with Crippen LogP contribution < -0.4 is 0 Å². The van der Waals surface area contributed by atoms with E-state index in [1.54, 1.807) is 0 Å². The van der Waals surface area contributed by atoms with E-state index in [9.17, 15) is 0 Å². The monoisotopic (exact) mass is 1110 g/mol. The molecule has 0 N–H and O–H groups in total. The molecule has 12 aromatic rings. The van der Waals surface area contributed by atoms with Crippen LogP contribution in [-0.2, 0) is 6.18 Å². The van der Waals surface area contributed by atoms with Gasteiger partial charge in [0.25, 0.3) is 0 Å². The van der Waals surface area contributed by atoms with Crippen molar-refractivity contribution in [3.8, 4) is 67.0 Å². The van der Waals surface area contributed by atoms with Crippen LogP contribution in [0.1, 0.15) is 72.3 Å². The fourth-order valence-electron chi connectivity index (χ4n) is 14.0. The first-order valence-corrected chi connectivity index (χ1v) is 27.6. The summed E-state index contributed by atoms with van der Waals surface area (Å²) in [7, 11) is 0. The third-order valence-corrected chi connectivity index (χ3v) is 16.8. The topological polar surface area (TPSA) is 9.86 Å². The molecular weight excluding hydrogens is 1060 g/mol. The van der Waals surface area contributed by atoms with Crippen molar-refractivity contribution >= 4 is 43.6 Å². The minimum absolute atomic E-state index is 0.305. The molecule has 0 saturated carbocycles. The number of nitrogens with zero attached hydrogens (tertiary/aromatic N) is 2. The summed E-state index contributed by atoms with van der Waals surface area (Å²) in [6.07, 6.45) is -5.27. The summed E-state index contributed by atoms with van der Waals surface area (Å²) < 4.78 is 136. The molecule has 0 fully saturated rings. The van der Waals surface area contributed by atoms with Gasteiger partial charge in [-0.1, -0.05) is 119 Å². The van der Waals surface area contributed by atoms with Crippen molar-refractivity contribution in [3.05, 3.63) is 235 Å². The van der Waals surface area contributed by atoms with Crippen molar-refractivity contribution in [2.75, 3.05) is 0 Å². The van der Waals surface area contributed by atoms with Crippen molar-refractivity contribution in [1.82, 2.24) is 9.13 Å². The molecule has 416 valence electrons. The number of fused-ring (bicyclic) bond motifs is 6. The van der Waals surface area contributed by atoms with Gasteiger partial charge in [-0.05, 0) is 214 Å². The maximum Gasteiger partial charge on any atom is 0.420 e. The highest BCUT2D eigenvalue weighted by molar-refractivity contribution is 6.13. The fourth-order valence-corrected chi connectivity index (χ4v) is 14.0. The summed E-state index contributed by atoms with van der Waals surface area (Å²) in [5.74, 6) is -11.3. The van der Waals surface area contributed by atoms with Gasteiger partial charge in [-0.3, -0.25) is 0 Å². The Hall–Kier alpha value is -8.76. The van der Waals surface area contributed by atoms with E-state index < -0.39 is 63.3 Å². The second-order valence-electron chi connectivity index (χ2n) is 23.0. The number of aromatic nitrogens is 2. The Morgan fingerprint density at radius 1 is 0.265 bits per heavy atom. The first-order chi connectivity index (χ1) is 39.3. The van der Waals surface area contributed by atoms with Gasteiger partial charge in [0, 0.05) is 21.5 Å². The molecule has 0 aliphatic rings. The molecule has 0 aliphatic heterocycles. The Morgan fingerprint density at radius 2 is 0.494 bits per heavy atom. The van der Waals surface area contributed by atoms with Gasteiger partial charge in [-0.25, -0.2) is 22.0 Å². The number of aryl methyl sites for hydroxylation is 12. The van der Waals surface area contributed by atoms with Crippen LogP contribution in [0.4, 0.5) is 35.1 Å². The van der Waals surface area contributed by atoms with Crippen molar-refractivity contribution in [1.29, 1.82) is 0 Å². The normalized spacial score (nSPS) is 12.1. The van der Waals surface area contributed by atoms with E-state index in [0.717, 1.165) is 101 Å². The Balaban J connectivity index is 1.32. The molecule has 2 nitrogen and oxygen atoms in total. The highest BCUT2D eigenvalue weighted by Crippen LogP contribution is 2.49. The van der Waals surface area contributed by atoms with Crippen LogP contribution in [0.15, 0.2) is 133 Å². The highest BCUT2D eigenvalue weighted by Gasteiger charge is 2.41. The van der Waals surface area contributed by atoms with Gasteiger partial charge in [-0.15, -0.1) is 0 Å². The third kappa shape index (κ3) is 8.82. The van der Waals surface area contributed by atoms with Gasteiger partial charge in [0.1, 0.15) is 5.56 Å². The molecule has 12 rings (SSSR count). The lowest BCUT2D eigenvalue weighted by molar-refractivity contribution is -0.137. The zero-order valence-corrected chi connectivity index (χ0v) is 48.1. The molecule has 0 spiro atoms. The van der Waals surface area contributed by atoms with Gasteiger partial charge in [0.15, 0.2) is 23.3 Å². The largest absolute Gasteiger partial charge is 0.420 e. The quantitative estimate of drug-likeness (QED) is 0.0855. The summed E-state index contributed by atoms with van der Waals surface area (Å²) in [6, 6.07) is 40.6. The van der Waals surface area contributed by atoms with E-state index in [2.05, 4.69) is 0 Å². The summed E-state index contributed by atoms with van der Waals surface area (Å²) >= 11 is 0. The van der Waals surface area contributed by atoms with Crippen LogP contribution in [0.3, 0.4) is 0 Å². The molecule has 0 atom stereocenters. The predicted molar refractivity (Wildman–Crippen MR) is 324 cm³/mol. The lowest BCUT2D eigenvalue weighted by Crippen LogP contribution is -2.16. The average Bonchev–Trinajstić information content (AvgIpc) is 1.71. The summed E-state index contributed by atoms with van der Waals surface area (Å²) in [5.41, 5.74) is 14.5. The molecule has 2 aromatic heterocycles. The molecule has 0 bridgehead atoms. The van der Waals surface area contributed by atoms with E-state index in [1.807, 2.05) is 204 Å². The van der Waals surface area contributed by atoms with Crippen LogP contribution in [0.25, 0.3) is 111 Å². The van der Waals surface area contributed by atoms with Crippen LogP contribution in [0.2, 0.25) is 0 Å². The van der Waals surface area contributed by atoms with Crippen molar-refractivity contribution in [2.24, 2.45) is 0 Å². The minimum atomic E-state index is -5.27. The molecule has 2 heterocycles. The Bertz CT molecular complexity index is 4190. The zero-order valence-electron chi connectivity index (χ0n) is 48.1. The maximum atomic E-state index is 17.6. The third-order valence-electron chi connectivity index (χ3n) is 16.8. The van der Waals surface area contributed by atoms with E-state index in [-0.39, 0.29) is 0 Å². The molecule has 0 unspecified atom stereocenters. The summed E-state index contributed by atoms with van der Waals surface area (Å²) in [4.78, 5) is 0. The Kier molecular flexibility index (Phi) is 13.0. The second kappa shape index (κ2) is 19.7. The van der Waals surface area contributed by atoms with Gasteiger partial charge in [0.2, 0.25) is 5.82 Å². The molecule has 10 heteroatoms. The molecule has 83 heavy (non-hydrogen) atoms. The highest BCUT2D eigenvalue weighted by atomic mass is 19.4. The molecule has 10 aromatic carbocycles. The van der Waals surface area contributed by atoms with Crippen LogP contribution in [0.5, 0.6) is 0 Å². The zero-order chi connectivity index (χ0) is 59.2. The molecular formula is C73H58F8N2. The predicted octanol–water partition coefficient (Wildman–Crippen LogP) is 21.6. The number of benzene rings is 10. The SMILES string of the molecule is Cc1cc(C)c(-c2ccc3c4ccc(-c5c(C)cc(C)cc5C)cc4n(-c4cc(-c5c(F)c(F)c(F)c(F)c5F)cc(-n5c6cc(-c7c(C)cc(C)cc7C)ccc6c6ccc(-c7c(C)cc(C)cc7C)cc65)c4C(F)(F)F)c3c2)c(C)c1. The molecule has 0 amide bonds. The minimum Gasteiger partial charge on any atom is -0.308 e. The second-order valence-corrected chi connectivity index (χ2v) is 23.0. The summed E-state index contributed by atoms with van der Waals surface area (Å²) in [5, 5.41) is 2.24. The Morgan fingerprint density at radius 3 is 0.723 bits per heavy atom. The summed E-state index contributed by atoms with van der Waals surface area (Å²) in [6.45, 7) is 23.7. The Labute approximate surface area is 476 Å². The molecule has 0 radical (unpaired) electrons. The van der Waals surface area contributed by atoms with E-state index in [0.29, 0.717) is 65.9 Å². The lowest BCUT2D eigenvalue weighted by atomic mass is 9.92. The van der Waals surface area contributed by atoms with E-state index in [4.69, 9.17) is 0 Å². The van der Waals surface area contributed by atoms with Gasteiger partial charge in [-0.2, -0.15) is 13.2 Å². The number of halogens is 8. The van der Waals surface area contributed by atoms with Gasteiger partial charge < -0.3 is 9.13 Å².